The van der Waals surface area contributed by atoms with E-state index >= 15 is 0 Å². The maximum absolute atomic E-state index is 12.2. The second-order valence-corrected chi connectivity index (χ2v) is 6.42. The summed E-state index contributed by atoms with van der Waals surface area (Å²) in [4.78, 5) is 12.2. The number of aryl methyl sites for hydroxylation is 1. The zero-order valence-electron chi connectivity index (χ0n) is 12.5. The van der Waals surface area contributed by atoms with Crippen molar-refractivity contribution in [2.75, 3.05) is 30.4 Å². The van der Waals surface area contributed by atoms with Crippen molar-refractivity contribution in [2.45, 2.75) is 26.7 Å². The van der Waals surface area contributed by atoms with Crippen LogP contribution in [0.5, 0.6) is 0 Å². The highest BCUT2D eigenvalue weighted by Gasteiger charge is 2.11. The molecular weight excluding hydrogens is 272 g/mol. The van der Waals surface area contributed by atoms with E-state index in [1.54, 1.807) is 6.26 Å². The van der Waals surface area contributed by atoms with Gasteiger partial charge in [0, 0.05) is 41.6 Å². The average molecular weight is 296 g/mol. The van der Waals surface area contributed by atoms with E-state index in [9.17, 15) is 9.00 Å². The predicted octanol–water partition coefficient (Wildman–Crippen LogP) is 2.32. The molecule has 0 heterocycles. The largest absolute Gasteiger partial charge is 0.384 e. The normalized spacial score (nSPS) is 11.9. The number of benzene rings is 1. The number of rotatable bonds is 8. The highest BCUT2D eigenvalue weighted by atomic mass is 32.2. The molecule has 2 N–H and O–H groups in total. The number of carbonyl (C=O) groups excluding carboxylic acids is 1. The van der Waals surface area contributed by atoms with Crippen LogP contribution in [0.2, 0.25) is 0 Å². The van der Waals surface area contributed by atoms with Gasteiger partial charge in [-0.25, -0.2) is 0 Å². The van der Waals surface area contributed by atoms with Crippen LogP contribution in [-0.2, 0) is 10.8 Å². The molecule has 0 saturated carbocycles. The molecule has 1 unspecified atom stereocenters. The number of hydrogen-bond donors (Lipinski definition) is 2. The molecule has 1 atom stereocenters. The molecule has 0 fully saturated rings. The Balaban J connectivity index is 2.65. The lowest BCUT2D eigenvalue weighted by atomic mass is 10.1. The van der Waals surface area contributed by atoms with Crippen LogP contribution in [-0.4, -0.2) is 35.2 Å². The molecule has 4 nitrogen and oxygen atoms in total. The van der Waals surface area contributed by atoms with E-state index < -0.39 is 10.8 Å². The van der Waals surface area contributed by atoms with Crippen LogP contribution in [0.4, 0.5) is 5.69 Å². The van der Waals surface area contributed by atoms with E-state index in [4.69, 9.17) is 0 Å². The molecule has 1 rings (SSSR count). The number of amides is 1. The second-order valence-electron chi connectivity index (χ2n) is 4.86. The van der Waals surface area contributed by atoms with Crippen molar-refractivity contribution in [1.82, 2.24) is 5.32 Å². The van der Waals surface area contributed by atoms with Gasteiger partial charge in [-0.2, -0.15) is 0 Å². The lowest BCUT2D eigenvalue weighted by Crippen LogP contribution is -2.26. The monoisotopic (exact) mass is 296 g/mol. The van der Waals surface area contributed by atoms with Gasteiger partial charge < -0.3 is 10.6 Å². The molecule has 112 valence electrons. The molecule has 1 aromatic carbocycles. The van der Waals surface area contributed by atoms with Crippen LogP contribution in [0.15, 0.2) is 18.2 Å². The fraction of sp³-hybridized carbons (Fsp3) is 0.533. The minimum Gasteiger partial charge on any atom is -0.384 e. The van der Waals surface area contributed by atoms with Crippen molar-refractivity contribution in [1.29, 1.82) is 0 Å². The summed E-state index contributed by atoms with van der Waals surface area (Å²) in [5.74, 6) is 0.545. The maximum atomic E-state index is 12.2. The summed E-state index contributed by atoms with van der Waals surface area (Å²) >= 11 is 0. The fourth-order valence-corrected chi connectivity index (χ4v) is 2.38. The summed E-state index contributed by atoms with van der Waals surface area (Å²) in [5, 5.41) is 6.16. The summed E-state index contributed by atoms with van der Waals surface area (Å²) < 4.78 is 11.0. The minimum atomic E-state index is -0.801. The third-order valence-electron chi connectivity index (χ3n) is 2.88. The Morgan fingerprint density at radius 1 is 1.30 bits per heavy atom. The van der Waals surface area contributed by atoms with Gasteiger partial charge in [-0.05, 0) is 31.9 Å². The van der Waals surface area contributed by atoms with E-state index in [2.05, 4.69) is 17.6 Å². The SMILES string of the molecule is CCCNc1ccc(C)cc1C(=O)NCCCS(C)=O. The Kier molecular flexibility index (Phi) is 7.30. The van der Waals surface area contributed by atoms with Gasteiger partial charge in [0.05, 0.1) is 5.56 Å². The van der Waals surface area contributed by atoms with Crippen LogP contribution in [0.25, 0.3) is 0 Å². The Hall–Kier alpha value is -1.36. The Morgan fingerprint density at radius 2 is 2.05 bits per heavy atom. The number of hydrogen-bond acceptors (Lipinski definition) is 3. The first kappa shape index (κ1) is 16.7. The van der Waals surface area contributed by atoms with Crippen LogP contribution in [0.1, 0.15) is 35.7 Å². The summed E-state index contributed by atoms with van der Waals surface area (Å²) in [5.41, 5.74) is 2.61. The lowest BCUT2D eigenvalue weighted by Gasteiger charge is -2.12. The van der Waals surface area contributed by atoms with Crippen molar-refractivity contribution in [2.24, 2.45) is 0 Å². The minimum absolute atomic E-state index is 0.0748. The zero-order chi connectivity index (χ0) is 15.0. The van der Waals surface area contributed by atoms with E-state index in [0.29, 0.717) is 17.9 Å². The van der Waals surface area contributed by atoms with Gasteiger partial charge in [-0.3, -0.25) is 9.00 Å². The van der Waals surface area contributed by atoms with Crippen molar-refractivity contribution in [3.63, 3.8) is 0 Å². The predicted molar refractivity (Wildman–Crippen MR) is 85.8 cm³/mol. The molecule has 0 bridgehead atoms. The highest BCUT2D eigenvalue weighted by Crippen LogP contribution is 2.17. The van der Waals surface area contributed by atoms with Gasteiger partial charge in [-0.15, -0.1) is 0 Å². The molecule has 20 heavy (non-hydrogen) atoms. The molecule has 0 saturated heterocycles. The molecule has 1 aromatic rings. The van der Waals surface area contributed by atoms with Gasteiger partial charge in [0.25, 0.3) is 5.91 Å². The Labute approximate surface area is 123 Å². The standard InChI is InChI=1S/C15H24N2O2S/c1-4-8-16-14-7-6-12(2)11-13(14)15(18)17-9-5-10-20(3)19/h6-7,11,16H,4-5,8-10H2,1-3H3,(H,17,18). The van der Waals surface area contributed by atoms with Crippen molar-refractivity contribution in [3.05, 3.63) is 29.3 Å². The smallest absolute Gasteiger partial charge is 0.253 e. The topological polar surface area (TPSA) is 58.2 Å². The first-order valence-electron chi connectivity index (χ1n) is 6.97. The number of anilines is 1. The molecule has 0 aliphatic rings. The Morgan fingerprint density at radius 3 is 2.70 bits per heavy atom. The molecule has 0 aliphatic heterocycles. The molecule has 0 aliphatic carbocycles. The second kappa shape index (κ2) is 8.74. The van der Waals surface area contributed by atoms with Crippen LogP contribution < -0.4 is 10.6 Å². The number of carbonyl (C=O) groups is 1. The van der Waals surface area contributed by atoms with Crippen molar-refractivity contribution in [3.8, 4) is 0 Å². The summed E-state index contributed by atoms with van der Waals surface area (Å²) in [6.07, 6.45) is 3.42. The molecule has 1 amide bonds. The fourth-order valence-electron chi connectivity index (χ4n) is 1.83. The van der Waals surface area contributed by atoms with E-state index in [0.717, 1.165) is 30.6 Å². The van der Waals surface area contributed by atoms with Crippen LogP contribution in [0.3, 0.4) is 0 Å². The third-order valence-corrected chi connectivity index (χ3v) is 3.74. The Bertz CT molecular complexity index is 475. The molecule has 5 heteroatoms. The highest BCUT2D eigenvalue weighted by molar-refractivity contribution is 7.84. The van der Waals surface area contributed by atoms with Gasteiger partial charge in [0.1, 0.15) is 0 Å². The third kappa shape index (κ3) is 5.74. The molecule has 0 spiro atoms. The van der Waals surface area contributed by atoms with Crippen molar-refractivity contribution < 1.29 is 9.00 Å². The maximum Gasteiger partial charge on any atom is 0.253 e. The summed E-state index contributed by atoms with van der Waals surface area (Å²) in [6, 6.07) is 5.83. The first-order chi connectivity index (χ1) is 9.54. The van der Waals surface area contributed by atoms with E-state index in [1.807, 2.05) is 25.1 Å². The van der Waals surface area contributed by atoms with Crippen LogP contribution >= 0.6 is 0 Å². The average Bonchev–Trinajstić information content (AvgIpc) is 2.41. The summed E-state index contributed by atoms with van der Waals surface area (Å²) in [7, 11) is -0.801. The molecule has 0 radical (unpaired) electrons. The first-order valence-corrected chi connectivity index (χ1v) is 8.70. The van der Waals surface area contributed by atoms with E-state index in [-0.39, 0.29) is 5.91 Å². The summed E-state index contributed by atoms with van der Waals surface area (Å²) in [6.45, 7) is 5.46. The van der Waals surface area contributed by atoms with Crippen LogP contribution in [0, 0.1) is 6.92 Å². The lowest BCUT2D eigenvalue weighted by molar-refractivity contribution is 0.0954. The molecular formula is C15H24N2O2S. The quantitative estimate of drug-likeness (QED) is 0.724. The number of nitrogens with one attached hydrogen (secondary N) is 2. The zero-order valence-corrected chi connectivity index (χ0v) is 13.3. The van der Waals surface area contributed by atoms with Gasteiger partial charge in [-0.1, -0.05) is 18.6 Å². The van der Waals surface area contributed by atoms with Crippen molar-refractivity contribution >= 4 is 22.4 Å². The van der Waals surface area contributed by atoms with Gasteiger partial charge >= 0.3 is 0 Å². The molecule has 0 aromatic heterocycles. The van der Waals surface area contributed by atoms with E-state index in [1.165, 1.54) is 0 Å². The van der Waals surface area contributed by atoms with Gasteiger partial charge in [0.15, 0.2) is 0 Å². The van der Waals surface area contributed by atoms with Gasteiger partial charge in [0.2, 0.25) is 0 Å².